The molecule has 1 aliphatic rings. The summed E-state index contributed by atoms with van der Waals surface area (Å²) in [7, 11) is 0. The Hall–Kier alpha value is -2.23. The van der Waals surface area contributed by atoms with Gasteiger partial charge in [0.1, 0.15) is 0 Å². The maximum atomic E-state index is 10.8. The van der Waals surface area contributed by atoms with Crippen molar-refractivity contribution in [3.8, 4) is 0 Å². The number of para-hydroxylation sites is 1. The number of nitrogens with zero attached hydrogens (tertiary/aromatic N) is 1. The molecule has 4 heteroatoms. The Labute approximate surface area is 104 Å². The van der Waals surface area contributed by atoms with Crippen molar-refractivity contribution in [2.45, 2.75) is 12.8 Å². The Morgan fingerprint density at radius 1 is 1.22 bits per heavy atom. The van der Waals surface area contributed by atoms with Crippen molar-refractivity contribution in [2.24, 2.45) is 0 Å². The average Bonchev–Trinajstić information content (AvgIpc) is 2.87. The lowest BCUT2D eigenvalue weighted by molar-refractivity contribution is 0.0663. The Morgan fingerprint density at radius 2 is 2.06 bits per heavy atom. The molecular weight excluding hydrogens is 230 g/mol. The maximum Gasteiger partial charge on any atom is 0.371 e. The molecule has 0 amide bonds. The molecular formula is C14H13NO3. The zero-order valence-electron chi connectivity index (χ0n) is 9.80. The van der Waals surface area contributed by atoms with E-state index in [0.717, 1.165) is 25.1 Å². The Kier molecular flexibility index (Phi) is 2.55. The quantitative estimate of drug-likeness (QED) is 0.880. The number of anilines is 2. The number of carbonyl (C=O) groups is 1. The Balaban J connectivity index is 2.00. The van der Waals surface area contributed by atoms with Gasteiger partial charge in [-0.2, -0.15) is 0 Å². The highest BCUT2D eigenvalue weighted by Crippen LogP contribution is 2.34. The number of hydrogen-bond acceptors (Lipinski definition) is 3. The summed E-state index contributed by atoms with van der Waals surface area (Å²) in [6, 6.07) is 11.4. The van der Waals surface area contributed by atoms with Crippen LogP contribution in [0.5, 0.6) is 0 Å². The van der Waals surface area contributed by atoms with E-state index in [-0.39, 0.29) is 5.76 Å². The first-order valence-electron chi connectivity index (χ1n) is 5.94. The first kappa shape index (κ1) is 10.9. The molecule has 18 heavy (non-hydrogen) atoms. The first-order chi connectivity index (χ1) is 8.75. The predicted molar refractivity (Wildman–Crippen MR) is 67.4 cm³/mol. The normalized spacial score (nSPS) is 14.3. The summed E-state index contributed by atoms with van der Waals surface area (Å²) in [5, 5.41) is 8.88. The van der Waals surface area contributed by atoms with Crippen molar-refractivity contribution in [3.05, 3.63) is 47.7 Å². The number of aromatic carboxylic acids is 1. The number of furan rings is 1. The molecule has 1 aromatic carbocycles. The fourth-order valence-corrected chi connectivity index (χ4v) is 2.35. The second-order valence-electron chi connectivity index (χ2n) is 4.33. The monoisotopic (exact) mass is 243 g/mol. The summed E-state index contributed by atoms with van der Waals surface area (Å²) in [5.74, 6) is -0.459. The molecule has 92 valence electrons. The SMILES string of the molecule is O=C(O)c1ccc(N2CCCc3ccccc32)o1. The van der Waals surface area contributed by atoms with Gasteiger partial charge in [-0.25, -0.2) is 4.79 Å². The molecule has 0 saturated heterocycles. The van der Waals surface area contributed by atoms with Crippen LogP contribution in [0.1, 0.15) is 22.5 Å². The van der Waals surface area contributed by atoms with Gasteiger partial charge in [0.2, 0.25) is 11.6 Å². The summed E-state index contributed by atoms with van der Waals surface area (Å²) >= 11 is 0. The van der Waals surface area contributed by atoms with Gasteiger partial charge in [-0.15, -0.1) is 0 Å². The second-order valence-corrected chi connectivity index (χ2v) is 4.33. The number of carboxylic acids is 1. The lowest BCUT2D eigenvalue weighted by Gasteiger charge is -2.28. The minimum atomic E-state index is -1.04. The molecule has 4 nitrogen and oxygen atoms in total. The molecule has 0 saturated carbocycles. The van der Waals surface area contributed by atoms with Gasteiger partial charge in [-0.1, -0.05) is 18.2 Å². The summed E-state index contributed by atoms with van der Waals surface area (Å²) < 4.78 is 5.37. The predicted octanol–water partition coefficient (Wildman–Crippen LogP) is 3.06. The van der Waals surface area contributed by atoms with Gasteiger partial charge in [0, 0.05) is 18.3 Å². The van der Waals surface area contributed by atoms with Gasteiger partial charge in [0.25, 0.3) is 0 Å². The summed E-state index contributed by atoms with van der Waals surface area (Å²) in [5.41, 5.74) is 2.38. The van der Waals surface area contributed by atoms with Crippen LogP contribution in [0.2, 0.25) is 0 Å². The molecule has 1 N–H and O–H groups in total. The van der Waals surface area contributed by atoms with Crippen LogP contribution < -0.4 is 4.90 Å². The van der Waals surface area contributed by atoms with Crippen molar-refractivity contribution in [3.63, 3.8) is 0 Å². The van der Waals surface area contributed by atoms with Crippen molar-refractivity contribution < 1.29 is 14.3 Å². The van der Waals surface area contributed by atoms with Crippen molar-refractivity contribution in [1.82, 2.24) is 0 Å². The molecule has 0 bridgehead atoms. The maximum absolute atomic E-state index is 10.8. The topological polar surface area (TPSA) is 53.7 Å². The fourth-order valence-electron chi connectivity index (χ4n) is 2.35. The number of fused-ring (bicyclic) bond motifs is 1. The molecule has 3 rings (SSSR count). The van der Waals surface area contributed by atoms with Crippen LogP contribution in [0.3, 0.4) is 0 Å². The number of rotatable bonds is 2. The first-order valence-corrected chi connectivity index (χ1v) is 5.94. The molecule has 0 unspecified atom stereocenters. The number of aryl methyl sites for hydroxylation is 1. The highest BCUT2D eigenvalue weighted by molar-refractivity contribution is 5.85. The van der Waals surface area contributed by atoms with Crippen LogP contribution in [0.4, 0.5) is 11.6 Å². The highest BCUT2D eigenvalue weighted by Gasteiger charge is 2.21. The lowest BCUT2D eigenvalue weighted by Crippen LogP contribution is -2.23. The molecule has 2 heterocycles. The van der Waals surface area contributed by atoms with E-state index in [4.69, 9.17) is 9.52 Å². The third-order valence-electron chi connectivity index (χ3n) is 3.18. The van der Waals surface area contributed by atoms with E-state index in [1.165, 1.54) is 11.6 Å². The van der Waals surface area contributed by atoms with Crippen LogP contribution in [-0.2, 0) is 6.42 Å². The number of benzene rings is 1. The van der Waals surface area contributed by atoms with Gasteiger partial charge in [-0.3, -0.25) is 0 Å². The third kappa shape index (κ3) is 1.76. The summed E-state index contributed by atoms with van der Waals surface area (Å²) in [6.07, 6.45) is 2.10. The van der Waals surface area contributed by atoms with Crippen molar-refractivity contribution in [1.29, 1.82) is 0 Å². The molecule has 0 atom stereocenters. The summed E-state index contributed by atoms with van der Waals surface area (Å²) in [6.45, 7) is 0.851. The Bertz CT molecular complexity index is 588. The van der Waals surface area contributed by atoms with Gasteiger partial charge >= 0.3 is 5.97 Å². The standard InChI is InChI=1S/C14H13NO3/c16-14(17)12-7-8-13(18-12)15-9-3-5-10-4-1-2-6-11(10)15/h1-2,4,6-8H,3,5,9H2,(H,16,17). The van der Waals surface area contributed by atoms with Crippen LogP contribution in [-0.4, -0.2) is 17.6 Å². The van der Waals surface area contributed by atoms with Gasteiger partial charge in [-0.05, 0) is 30.5 Å². The van der Waals surface area contributed by atoms with Gasteiger partial charge in [0.05, 0.1) is 0 Å². The van der Waals surface area contributed by atoms with E-state index in [2.05, 4.69) is 6.07 Å². The van der Waals surface area contributed by atoms with Crippen molar-refractivity contribution >= 4 is 17.5 Å². The van der Waals surface area contributed by atoms with Gasteiger partial charge < -0.3 is 14.4 Å². The number of carboxylic acid groups (broad SMARTS) is 1. The minimum Gasteiger partial charge on any atom is -0.475 e. The van der Waals surface area contributed by atoms with Crippen molar-refractivity contribution in [2.75, 3.05) is 11.4 Å². The zero-order valence-corrected chi connectivity index (χ0v) is 9.80. The smallest absolute Gasteiger partial charge is 0.371 e. The van der Waals surface area contributed by atoms with E-state index in [1.54, 1.807) is 6.07 Å². The minimum absolute atomic E-state index is 0.0203. The average molecular weight is 243 g/mol. The van der Waals surface area contributed by atoms with Gasteiger partial charge in [0.15, 0.2) is 0 Å². The van der Waals surface area contributed by atoms with E-state index in [1.807, 2.05) is 23.1 Å². The van der Waals surface area contributed by atoms with Crippen LogP contribution in [0.15, 0.2) is 40.8 Å². The number of hydrogen-bond donors (Lipinski definition) is 1. The van der Waals surface area contributed by atoms with Crippen LogP contribution in [0.25, 0.3) is 0 Å². The Morgan fingerprint density at radius 3 is 2.83 bits per heavy atom. The van der Waals surface area contributed by atoms with E-state index < -0.39 is 5.97 Å². The molecule has 0 spiro atoms. The van der Waals surface area contributed by atoms with E-state index >= 15 is 0 Å². The zero-order chi connectivity index (χ0) is 12.5. The van der Waals surface area contributed by atoms with Crippen LogP contribution >= 0.6 is 0 Å². The molecule has 0 fully saturated rings. The van der Waals surface area contributed by atoms with Crippen LogP contribution in [0, 0.1) is 0 Å². The second kappa shape index (κ2) is 4.22. The lowest BCUT2D eigenvalue weighted by atomic mass is 10.0. The van der Waals surface area contributed by atoms with E-state index in [0.29, 0.717) is 5.88 Å². The fraction of sp³-hybridized carbons (Fsp3) is 0.214. The molecule has 0 aliphatic carbocycles. The molecule has 1 aromatic heterocycles. The van der Waals surface area contributed by atoms with E-state index in [9.17, 15) is 4.79 Å². The highest BCUT2D eigenvalue weighted by atomic mass is 16.4. The third-order valence-corrected chi connectivity index (χ3v) is 3.18. The summed E-state index contributed by atoms with van der Waals surface area (Å²) in [4.78, 5) is 12.9. The molecule has 0 radical (unpaired) electrons. The largest absolute Gasteiger partial charge is 0.475 e. The molecule has 1 aliphatic heterocycles. The molecule has 2 aromatic rings.